The molecule has 5 saturated carbocycles. The number of hydrogen-bond donors (Lipinski definition) is 3. The molecule has 1 saturated heterocycles. The van der Waals surface area contributed by atoms with Gasteiger partial charge in [0.25, 0.3) is 0 Å². The summed E-state index contributed by atoms with van der Waals surface area (Å²) in [6.07, 6.45) is 6.08. The van der Waals surface area contributed by atoms with E-state index in [1.165, 1.54) is 6.42 Å². The van der Waals surface area contributed by atoms with E-state index in [0.29, 0.717) is 18.3 Å². The molecular weight excluding hydrogens is 440 g/mol. The van der Waals surface area contributed by atoms with Crippen LogP contribution < -0.4 is 0 Å². The molecule has 0 aromatic rings. The van der Waals surface area contributed by atoms with Crippen LogP contribution in [0.3, 0.4) is 0 Å². The fraction of sp³-hybridized carbons (Fsp3) is 0.967. The molecule has 6 fully saturated rings. The number of fused-ring (bicyclic) bond motifs is 2. The number of hydrogen-bond acceptors (Lipinski definition) is 5. The van der Waals surface area contributed by atoms with Gasteiger partial charge in [-0.3, -0.25) is 4.79 Å². The zero-order valence-electron chi connectivity index (χ0n) is 22.9. The van der Waals surface area contributed by atoms with Crippen molar-refractivity contribution in [2.45, 2.75) is 130 Å². The number of ketones is 1. The number of carbonyl (C=O) groups excluding carboxylic acids is 1. The molecule has 0 radical (unpaired) electrons. The monoisotopic (exact) mass is 488 g/mol. The fourth-order valence-electron chi connectivity index (χ4n) is 11.6. The van der Waals surface area contributed by atoms with Crippen molar-refractivity contribution >= 4 is 5.78 Å². The van der Waals surface area contributed by atoms with Gasteiger partial charge >= 0.3 is 0 Å². The lowest BCUT2D eigenvalue weighted by molar-refractivity contribution is -0.182. The van der Waals surface area contributed by atoms with E-state index in [2.05, 4.69) is 34.6 Å². The van der Waals surface area contributed by atoms with Gasteiger partial charge in [0.05, 0.1) is 17.8 Å². The van der Waals surface area contributed by atoms with Crippen molar-refractivity contribution in [3.8, 4) is 0 Å². The van der Waals surface area contributed by atoms with Crippen LogP contribution in [-0.2, 0) is 9.53 Å². The summed E-state index contributed by atoms with van der Waals surface area (Å²) in [5, 5.41) is 33.4. The molecule has 0 bridgehead atoms. The van der Waals surface area contributed by atoms with Gasteiger partial charge < -0.3 is 20.1 Å². The molecule has 2 spiro atoms. The fourth-order valence-corrected chi connectivity index (χ4v) is 11.6. The Labute approximate surface area is 211 Å². The van der Waals surface area contributed by atoms with Gasteiger partial charge in [-0.1, -0.05) is 34.6 Å². The molecule has 5 nitrogen and oxygen atoms in total. The highest BCUT2D eigenvalue weighted by Crippen LogP contribution is 2.88. The Hall–Kier alpha value is -0.490. The lowest BCUT2D eigenvalue weighted by Crippen LogP contribution is -2.59. The normalized spacial score (nSPS) is 56.8. The summed E-state index contributed by atoms with van der Waals surface area (Å²) in [6.45, 7) is 15.2. The Morgan fingerprint density at radius 2 is 1.54 bits per heavy atom. The molecule has 198 valence electrons. The maximum atomic E-state index is 13.8. The Morgan fingerprint density at radius 3 is 2.17 bits per heavy atom. The lowest BCUT2D eigenvalue weighted by Gasteiger charge is -2.63. The first kappa shape index (κ1) is 24.8. The second-order valence-corrected chi connectivity index (χ2v) is 15.5. The summed E-state index contributed by atoms with van der Waals surface area (Å²) >= 11 is 0. The Bertz CT molecular complexity index is 943. The summed E-state index contributed by atoms with van der Waals surface area (Å²) in [4.78, 5) is 13.8. The molecule has 0 unspecified atom stereocenters. The van der Waals surface area contributed by atoms with Crippen LogP contribution in [-0.4, -0.2) is 51.1 Å². The molecule has 1 heterocycles. The van der Waals surface area contributed by atoms with Crippen LogP contribution in [0.5, 0.6) is 0 Å². The Morgan fingerprint density at radius 1 is 0.943 bits per heavy atom. The van der Waals surface area contributed by atoms with Crippen LogP contribution in [0.25, 0.3) is 0 Å². The molecule has 6 rings (SSSR count). The number of epoxide rings is 1. The summed E-state index contributed by atoms with van der Waals surface area (Å²) in [6, 6.07) is 0. The van der Waals surface area contributed by atoms with Crippen LogP contribution in [0.4, 0.5) is 0 Å². The van der Waals surface area contributed by atoms with E-state index in [-0.39, 0.29) is 57.1 Å². The quantitative estimate of drug-likeness (QED) is 0.507. The maximum absolute atomic E-state index is 13.8. The van der Waals surface area contributed by atoms with Crippen LogP contribution in [0.2, 0.25) is 0 Å². The van der Waals surface area contributed by atoms with Gasteiger partial charge in [0.1, 0.15) is 12.2 Å². The first-order valence-corrected chi connectivity index (χ1v) is 14.4. The number of carbonyl (C=O) groups is 1. The van der Waals surface area contributed by atoms with E-state index >= 15 is 0 Å². The average Bonchev–Trinajstić information content (AvgIpc) is 3.62. The second-order valence-electron chi connectivity index (χ2n) is 15.5. The average molecular weight is 489 g/mol. The molecule has 0 amide bonds. The minimum absolute atomic E-state index is 0.00119. The molecule has 12 atom stereocenters. The number of aliphatic hydroxyl groups excluding tert-OH is 3. The Balaban J connectivity index is 1.31. The molecular formula is C30H48O5. The molecule has 6 aliphatic rings. The zero-order valence-corrected chi connectivity index (χ0v) is 22.9. The predicted octanol–water partition coefficient (Wildman–Crippen LogP) is 4.50. The standard InChI is InChI=1S/C30H48O5/c1-16(14-17(31)24-26(4,5)35-24)21-22(33)23(34)28(7)19-9-8-18-25(2,3)20(32)10-11-29(18)15-30(19,29)13-12-27(21,28)6/h16-21,23-24,31-32,34H,8-15H2,1-7H3/t16-,17-,18+,19+,20+,21+,23+,24+,27-,28-,29-,30+/m1/s1. The third-order valence-electron chi connectivity index (χ3n) is 13.7. The van der Waals surface area contributed by atoms with Crippen molar-refractivity contribution in [1.82, 2.24) is 0 Å². The molecule has 0 aromatic carbocycles. The van der Waals surface area contributed by atoms with Crippen molar-refractivity contribution in [2.75, 3.05) is 0 Å². The molecule has 5 heteroatoms. The van der Waals surface area contributed by atoms with E-state index in [1.54, 1.807) is 0 Å². The third kappa shape index (κ3) is 2.72. The van der Waals surface area contributed by atoms with Crippen molar-refractivity contribution in [1.29, 1.82) is 0 Å². The number of Topliss-reactive ketones (excluding diaryl/α,β-unsaturated/α-hetero) is 1. The zero-order chi connectivity index (χ0) is 25.6. The highest BCUT2D eigenvalue weighted by molar-refractivity contribution is 5.90. The number of aliphatic hydroxyl groups is 3. The minimum Gasteiger partial charge on any atom is -0.393 e. The van der Waals surface area contributed by atoms with Crippen molar-refractivity contribution in [3.05, 3.63) is 0 Å². The first-order chi connectivity index (χ1) is 16.1. The SMILES string of the molecule is C[C@H](C[C@@H](O)[C@@H]1OC1(C)C)[C@H]1C(=O)[C@H](O)[C@@]2(C)[C@@H]3CC[C@H]4C(C)(C)[C@@H](O)CC[C@@]45C[C@@]35CC[C@]12C. The Kier molecular flexibility index (Phi) is 4.91. The molecule has 0 aromatic heterocycles. The lowest BCUT2D eigenvalue weighted by atomic mass is 9.41. The topological polar surface area (TPSA) is 90.3 Å². The maximum Gasteiger partial charge on any atom is 0.165 e. The van der Waals surface area contributed by atoms with Gasteiger partial charge in [-0.2, -0.15) is 0 Å². The van der Waals surface area contributed by atoms with Crippen molar-refractivity contribution in [2.24, 2.45) is 50.7 Å². The minimum atomic E-state index is -0.927. The largest absolute Gasteiger partial charge is 0.393 e. The van der Waals surface area contributed by atoms with Crippen LogP contribution in [0, 0.1) is 50.7 Å². The predicted molar refractivity (Wildman–Crippen MR) is 133 cm³/mol. The molecule has 1 aliphatic heterocycles. The molecule has 35 heavy (non-hydrogen) atoms. The highest BCUT2D eigenvalue weighted by atomic mass is 16.6. The number of ether oxygens (including phenoxy) is 1. The van der Waals surface area contributed by atoms with E-state index < -0.39 is 17.6 Å². The van der Waals surface area contributed by atoms with Crippen molar-refractivity contribution < 1.29 is 24.9 Å². The molecule has 5 aliphatic carbocycles. The number of rotatable bonds is 4. The summed E-state index contributed by atoms with van der Waals surface area (Å²) in [5.74, 6) is 0.667. The van der Waals surface area contributed by atoms with E-state index in [0.717, 1.165) is 38.5 Å². The first-order valence-electron chi connectivity index (χ1n) is 14.4. The highest BCUT2D eigenvalue weighted by Gasteiger charge is 2.84. The van der Waals surface area contributed by atoms with E-state index in [1.807, 2.05) is 13.8 Å². The van der Waals surface area contributed by atoms with Gasteiger partial charge in [0.15, 0.2) is 5.78 Å². The smallest absolute Gasteiger partial charge is 0.165 e. The van der Waals surface area contributed by atoms with Crippen LogP contribution >= 0.6 is 0 Å². The van der Waals surface area contributed by atoms with Gasteiger partial charge in [-0.25, -0.2) is 0 Å². The summed E-state index contributed by atoms with van der Waals surface area (Å²) in [5.41, 5.74) is -0.555. The van der Waals surface area contributed by atoms with Gasteiger partial charge in [-0.05, 0) is 105 Å². The van der Waals surface area contributed by atoms with Crippen molar-refractivity contribution in [3.63, 3.8) is 0 Å². The van der Waals surface area contributed by atoms with Crippen LogP contribution in [0.1, 0.15) is 99.8 Å². The van der Waals surface area contributed by atoms with Gasteiger partial charge in [-0.15, -0.1) is 0 Å². The third-order valence-corrected chi connectivity index (χ3v) is 13.7. The van der Waals surface area contributed by atoms with Crippen LogP contribution in [0.15, 0.2) is 0 Å². The van der Waals surface area contributed by atoms with E-state index in [9.17, 15) is 20.1 Å². The van der Waals surface area contributed by atoms with Gasteiger partial charge in [0.2, 0.25) is 0 Å². The molecule has 3 N–H and O–H groups in total. The van der Waals surface area contributed by atoms with E-state index in [4.69, 9.17) is 4.74 Å². The van der Waals surface area contributed by atoms with Gasteiger partial charge in [0, 0.05) is 11.3 Å². The second kappa shape index (κ2) is 6.93. The summed E-state index contributed by atoms with van der Waals surface area (Å²) in [7, 11) is 0. The summed E-state index contributed by atoms with van der Waals surface area (Å²) < 4.78 is 5.69.